The van der Waals surface area contributed by atoms with E-state index in [-0.39, 0.29) is 18.2 Å². The molecule has 1 saturated carbocycles. The molecular formula is C29H42N4O6. The van der Waals surface area contributed by atoms with Crippen LogP contribution in [0.3, 0.4) is 0 Å². The number of Topliss-reactive ketones (excluding diaryl/α,β-unsaturated/α-hetero) is 1. The van der Waals surface area contributed by atoms with E-state index < -0.39 is 53.2 Å². The topological polar surface area (TPSA) is 157 Å². The van der Waals surface area contributed by atoms with Crippen molar-refractivity contribution in [2.45, 2.75) is 90.3 Å². The Bertz CT molecular complexity index is 1030. The fourth-order valence-corrected chi connectivity index (χ4v) is 5.47. The first-order valence-corrected chi connectivity index (χ1v) is 13.9. The lowest BCUT2D eigenvalue weighted by molar-refractivity contribution is -0.139. The van der Waals surface area contributed by atoms with Crippen LogP contribution >= 0.6 is 0 Å². The third kappa shape index (κ3) is 8.80. The van der Waals surface area contributed by atoms with Crippen molar-refractivity contribution in [1.82, 2.24) is 16.0 Å². The molecule has 1 aliphatic heterocycles. The molecule has 1 aromatic carbocycles. The van der Waals surface area contributed by atoms with E-state index in [4.69, 9.17) is 10.5 Å². The number of carbonyl (C=O) groups is 5. The van der Waals surface area contributed by atoms with E-state index in [1.807, 2.05) is 51.1 Å². The molecule has 5 N–H and O–H groups in total. The lowest BCUT2D eigenvalue weighted by Crippen LogP contribution is -2.54. The van der Waals surface area contributed by atoms with Crippen molar-refractivity contribution < 1.29 is 28.7 Å². The molecule has 1 aliphatic carbocycles. The van der Waals surface area contributed by atoms with Crippen LogP contribution in [0.4, 0.5) is 4.79 Å². The molecule has 10 nitrogen and oxygen atoms in total. The number of primary amides is 1. The maximum Gasteiger partial charge on any atom is 0.408 e. The van der Waals surface area contributed by atoms with E-state index in [0.717, 1.165) is 37.7 Å². The van der Waals surface area contributed by atoms with Crippen molar-refractivity contribution in [3.8, 4) is 0 Å². The van der Waals surface area contributed by atoms with Gasteiger partial charge in [-0.05, 0) is 30.7 Å². The molecule has 2 fully saturated rings. The van der Waals surface area contributed by atoms with Gasteiger partial charge in [0.2, 0.25) is 17.6 Å². The van der Waals surface area contributed by atoms with Crippen LogP contribution in [0.25, 0.3) is 0 Å². The Hall–Kier alpha value is -3.43. The minimum atomic E-state index is -1.26. The largest absolute Gasteiger partial charge is 0.441 e. The summed E-state index contributed by atoms with van der Waals surface area (Å²) >= 11 is 0. The van der Waals surface area contributed by atoms with Crippen LogP contribution in [0.1, 0.15) is 83.8 Å². The van der Waals surface area contributed by atoms with Crippen molar-refractivity contribution in [3.05, 3.63) is 35.9 Å². The molecule has 10 heteroatoms. The van der Waals surface area contributed by atoms with Crippen molar-refractivity contribution >= 4 is 29.6 Å². The Balaban J connectivity index is 1.77. The van der Waals surface area contributed by atoms with Crippen LogP contribution in [-0.2, 0) is 23.9 Å². The van der Waals surface area contributed by atoms with E-state index in [1.54, 1.807) is 0 Å². The van der Waals surface area contributed by atoms with Gasteiger partial charge in [0.15, 0.2) is 0 Å². The molecule has 3 rings (SSSR count). The van der Waals surface area contributed by atoms with Gasteiger partial charge in [-0.1, -0.05) is 83.2 Å². The summed E-state index contributed by atoms with van der Waals surface area (Å²) in [6.07, 6.45) is 4.58. The zero-order valence-electron chi connectivity index (χ0n) is 23.2. The molecule has 1 heterocycles. The number of nitrogens with one attached hydrogen (secondary N) is 3. The summed E-state index contributed by atoms with van der Waals surface area (Å²) in [6.45, 7) is 6.35. The van der Waals surface area contributed by atoms with Crippen LogP contribution in [0.15, 0.2) is 30.3 Å². The summed E-state index contributed by atoms with van der Waals surface area (Å²) in [5, 5.41) is 8.04. The predicted octanol–water partition coefficient (Wildman–Crippen LogP) is 2.90. The van der Waals surface area contributed by atoms with Crippen LogP contribution in [0, 0.1) is 17.3 Å². The molecule has 0 spiro atoms. The molecule has 1 saturated heterocycles. The third-order valence-electron chi connectivity index (χ3n) is 7.58. The Morgan fingerprint density at radius 3 is 2.21 bits per heavy atom. The summed E-state index contributed by atoms with van der Waals surface area (Å²) in [6, 6.07) is 7.14. The SMILES string of the molecule is CC(C)(C)C(OC(=O)NC(CC1CCCCC1)C(=O)NC(C[C@@H]1CCNC1=O)C(=O)C(N)=O)c1ccccc1. The van der Waals surface area contributed by atoms with Gasteiger partial charge in [-0.2, -0.15) is 0 Å². The number of rotatable bonds is 11. The highest BCUT2D eigenvalue weighted by Gasteiger charge is 2.36. The van der Waals surface area contributed by atoms with Gasteiger partial charge in [0.05, 0.1) is 6.04 Å². The minimum Gasteiger partial charge on any atom is -0.441 e. The Morgan fingerprint density at radius 1 is 0.974 bits per heavy atom. The van der Waals surface area contributed by atoms with Crippen molar-refractivity contribution in [1.29, 1.82) is 0 Å². The van der Waals surface area contributed by atoms with E-state index in [2.05, 4.69) is 16.0 Å². The summed E-state index contributed by atoms with van der Waals surface area (Å²) in [5.74, 6) is -3.31. The van der Waals surface area contributed by atoms with Crippen molar-refractivity contribution in [3.63, 3.8) is 0 Å². The monoisotopic (exact) mass is 542 g/mol. The van der Waals surface area contributed by atoms with E-state index in [1.165, 1.54) is 0 Å². The first-order chi connectivity index (χ1) is 18.5. The summed E-state index contributed by atoms with van der Waals surface area (Å²) in [5.41, 5.74) is 5.66. The van der Waals surface area contributed by atoms with Gasteiger partial charge in [-0.3, -0.25) is 19.2 Å². The predicted molar refractivity (Wildman–Crippen MR) is 145 cm³/mol. The standard InChI is InChI=1S/C29H42N4O6/c1-29(2,3)24(19-12-8-5-9-13-19)39-28(38)33-22(16-18-10-6-4-7-11-18)27(37)32-21(23(34)25(30)35)17-20-14-15-31-26(20)36/h5,8-9,12-13,18,20-22,24H,4,6-7,10-11,14-17H2,1-3H3,(H2,30,35)(H,31,36)(H,32,37)(H,33,38)/t20-,21?,22?,24?/m0/s1. The summed E-state index contributed by atoms with van der Waals surface area (Å²) < 4.78 is 5.86. The molecule has 2 aliphatic rings. The third-order valence-corrected chi connectivity index (χ3v) is 7.58. The number of ether oxygens (including phenoxy) is 1. The van der Waals surface area contributed by atoms with Gasteiger partial charge in [-0.15, -0.1) is 0 Å². The molecule has 1 aromatic rings. The van der Waals surface area contributed by atoms with E-state index in [0.29, 0.717) is 19.4 Å². The van der Waals surface area contributed by atoms with Gasteiger partial charge in [0, 0.05) is 17.9 Å². The highest BCUT2D eigenvalue weighted by Crippen LogP contribution is 2.36. The molecule has 4 amide bonds. The number of hydrogen-bond acceptors (Lipinski definition) is 6. The first-order valence-electron chi connectivity index (χ1n) is 13.9. The van der Waals surface area contributed by atoms with Crippen LogP contribution < -0.4 is 21.7 Å². The number of amides is 4. The van der Waals surface area contributed by atoms with Crippen molar-refractivity contribution in [2.75, 3.05) is 6.54 Å². The quantitative estimate of drug-likeness (QED) is 0.315. The van der Waals surface area contributed by atoms with Crippen LogP contribution in [0.5, 0.6) is 0 Å². The maximum absolute atomic E-state index is 13.5. The second kappa shape index (κ2) is 13.6. The highest BCUT2D eigenvalue weighted by atomic mass is 16.6. The summed E-state index contributed by atoms with van der Waals surface area (Å²) in [4.78, 5) is 63.1. The number of hydrogen-bond donors (Lipinski definition) is 4. The molecule has 0 aromatic heterocycles. The van der Waals surface area contributed by atoms with Gasteiger partial charge in [-0.25, -0.2) is 4.79 Å². The second-order valence-corrected chi connectivity index (χ2v) is 11.8. The molecule has 214 valence electrons. The molecule has 0 radical (unpaired) electrons. The Labute approximate surface area is 230 Å². The van der Waals surface area contributed by atoms with Crippen LogP contribution in [-0.4, -0.2) is 48.2 Å². The van der Waals surface area contributed by atoms with Gasteiger partial charge in [0.25, 0.3) is 5.91 Å². The average Bonchev–Trinajstić information content (AvgIpc) is 3.30. The van der Waals surface area contributed by atoms with Gasteiger partial charge < -0.3 is 26.4 Å². The number of benzene rings is 1. The van der Waals surface area contributed by atoms with Gasteiger partial charge >= 0.3 is 6.09 Å². The zero-order chi connectivity index (χ0) is 28.6. The zero-order valence-corrected chi connectivity index (χ0v) is 23.2. The van der Waals surface area contributed by atoms with E-state index in [9.17, 15) is 24.0 Å². The van der Waals surface area contributed by atoms with Gasteiger partial charge in [0.1, 0.15) is 12.1 Å². The lowest BCUT2D eigenvalue weighted by Gasteiger charge is -2.32. The minimum absolute atomic E-state index is 0.0416. The normalized spacial score (nSPS) is 20.3. The number of alkyl carbamates (subject to hydrolysis) is 1. The van der Waals surface area contributed by atoms with E-state index >= 15 is 0 Å². The average molecular weight is 543 g/mol. The Kier molecular flexibility index (Phi) is 10.5. The highest BCUT2D eigenvalue weighted by molar-refractivity contribution is 6.37. The van der Waals surface area contributed by atoms with Crippen molar-refractivity contribution in [2.24, 2.45) is 23.0 Å². The fraction of sp³-hybridized carbons (Fsp3) is 0.621. The molecule has 39 heavy (non-hydrogen) atoms. The first kappa shape index (κ1) is 30.1. The molecule has 3 unspecified atom stereocenters. The number of carbonyl (C=O) groups excluding carboxylic acids is 5. The maximum atomic E-state index is 13.5. The number of nitrogens with two attached hydrogens (primary N) is 1. The molecular weight excluding hydrogens is 500 g/mol. The Morgan fingerprint density at radius 2 is 1.64 bits per heavy atom. The molecule has 0 bridgehead atoms. The summed E-state index contributed by atoms with van der Waals surface area (Å²) in [7, 11) is 0. The lowest BCUT2D eigenvalue weighted by atomic mass is 9.84. The van der Waals surface area contributed by atoms with Crippen LogP contribution in [0.2, 0.25) is 0 Å². The molecule has 4 atom stereocenters. The smallest absolute Gasteiger partial charge is 0.408 e. The second-order valence-electron chi connectivity index (χ2n) is 11.8. The fourth-order valence-electron chi connectivity index (χ4n) is 5.47. The number of ketones is 1.